The van der Waals surface area contributed by atoms with Crippen molar-refractivity contribution in [3.8, 4) is 0 Å². The molecule has 0 aliphatic rings. The summed E-state index contributed by atoms with van der Waals surface area (Å²) >= 11 is -0.948. The second-order valence-electron chi connectivity index (χ2n) is 3.32. The Morgan fingerprint density at radius 2 is 2.00 bits per heavy atom. The van der Waals surface area contributed by atoms with E-state index in [9.17, 15) is 4.55 Å². The highest BCUT2D eigenvalue weighted by Crippen LogP contribution is 2.18. The Labute approximate surface area is 89.0 Å². The molecule has 0 aromatic heterocycles. The highest BCUT2D eigenvalue weighted by atomic mass is 32.2. The summed E-state index contributed by atoms with van der Waals surface area (Å²) in [7, 11) is 0. The van der Waals surface area contributed by atoms with Crippen molar-refractivity contribution in [3.63, 3.8) is 0 Å². The number of hydrogen-bond acceptors (Lipinski definition) is 2. The van der Waals surface area contributed by atoms with Crippen LogP contribution in [0, 0.1) is 0 Å². The lowest BCUT2D eigenvalue weighted by molar-refractivity contribution is 0.540. The van der Waals surface area contributed by atoms with Gasteiger partial charge < -0.3 is 4.55 Å². The first kappa shape index (κ1) is 11.6. The topological polar surface area (TPSA) is 35.1 Å². The molecule has 0 aliphatic carbocycles. The number of benzene rings is 1. The van der Waals surface area contributed by atoms with Crippen molar-refractivity contribution >= 4 is 11.4 Å². The predicted molar refractivity (Wildman–Crippen MR) is 61.3 cm³/mol. The SMILES string of the molecule is CCC[C@@H](N[S@+](C)[O-])c1ccccc1. The maximum Gasteiger partial charge on any atom is 0.115 e. The van der Waals surface area contributed by atoms with Crippen LogP contribution in [0.4, 0.5) is 0 Å². The summed E-state index contributed by atoms with van der Waals surface area (Å²) in [6.45, 7) is 2.14. The molecule has 0 unspecified atom stereocenters. The zero-order valence-electron chi connectivity index (χ0n) is 8.69. The third-order valence-electron chi connectivity index (χ3n) is 2.09. The lowest BCUT2D eigenvalue weighted by Gasteiger charge is -2.17. The van der Waals surface area contributed by atoms with Gasteiger partial charge in [0.1, 0.15) is 6.26 Å². The molecule has 14 heavy (non-hydrogen) atoms. The fraction of sp³-hybridized carbons (Fsp3) is 0.455. The quantitative estimate of drug-likeness (QED) is 0.759. The molecule has 1 N–H and O–H groups in total. The van der Waals surface area contributed by atoms with Gasteiger partial charge in [-0.05, 0) is 12.0 Å². The van der Waals surface area contributed by atoms with Crippen LogP contribution in [0.3, 0.4) is 0 Å². The summed E-state index contributed by atoms with van der Waals surface area (Å²) in [5.41, 5.74) is 1.21. The predicted octanol–water partition coefficient (Wildman–Crippen LogP) is 2.41. The van der Waals surface area contributed by atoms with E-state index in [4.69, 9.17) is 0 Å². The fourth-order valence-electron chi connectivity index (χ4n) is 1.47. The molecule has 2 nitrogen and oxygen atoms in total. The van der Waals surface area contributed by atoms with E-state index in [2.05, 4.69) is 23.8 Å². The van der Waals surface area contributed by atoms with Crippen LogP contribution in [0.1, 0.15) is 31.4 Å². The van der Waals surface area contributed by atoms with Crippen LogP contribution < -0.4 is 4.72 Å². The molecule has 0 bridgehead atoms. The van der Waals surface area contributed by atoms with Gasteiger partial charge in [-0.25, -0.2) is 0 Å². The van der Waals surface area contributed by atoms with Crippen molar-refractivity contribution < 1.29 is 4.55 Å². The second kappa shape index (κ2) is 6.06. The van der Waals surface area contributed by atoms with E-state index < -0.39 is 11.4 Å². The summed E-state index contributed by atoms with van der Waals surface area (Å²) in [4.78, 5) is 0. The maximum atomic E-state index is 11.1. The van der Waals surface area contributed by atoms with Crippen LogP contribution in [-0.4, -0.2) is 10.8 Å². The van der Waals surface area contributed by atoms with Crippen molar-refractivity contribution in [1.82, 2.24) is 4.72 Å². The Kier molecular flexibility index (Phi) is 5.01. The van der Waals surface area contributed by atoms with Crippen LogP contribution in [0.2, 0.25) is 0 Å². The molecule has 0 radical (unpaired) electrons. The molecule has 3 heteroatoms. The van der Waals surface area contributed by atoms with E-state index in [1.54, 1.807) is 6.26 Å². The molecule has 1 aromatic rings. The van der Waals surface area contributed by atoms with Gasteiger partial charge in [0.25, 0.3) is 0 Å². The van der Waals surface area contributed by atoms with E-state index in [0.717, 1.165) is 12.8 Å². The van der Waals surface area contributed by atoms with Crippen molar-refractivity contribution in [2.45, 2.75) is 25.8 Å². The normalized spacial score (nSPS) is 15.1. The highest BCUT2D eigenvalue weighted by Gasteiger charge is 2.13. The average molecular weight is 211 g/mol. The first-order chi connectivity index (χ1) is 6.74. The molecule has 2 atom stereocenters. The number of rotatable bonds is 5. The third-order valence-corrected chi connectivity index (χ3v) is 2.70. The Hall–Kier alpha value is -0.510. The van der Waals surface area contributed by atoms with Crippen LogP contribution in [0.5, 0.6) is 0 Å². The molecule has 0 saturated carbocycles. The Bertz CT molecular complexity index is 251. The molecule has 78 valence electrons. The van der Waals surface area contributed by atoms with Gasteiger partial charge in [-0.1, -0.05) is 43.7 Å². The van der Waals surface area contributed by atoms with Crippen molar-refractivity contribution in [2.75, 3.05) is 6.26 Å². The second-order valence-corrected chi connectivity index (χ2v) is 4.47. The molecule has 0 heterocycles. The van der Waals surface area contributed by atoms with Gasteiger partial charge in [0.15, 0.2) is 0 Å². The zero-order valence-corrected chi connectivity index (χ0v) is 9.51. The molecule has 1 aromatic carbocycles. The van der Waals surface area contributed by atoms with E-state index in [-0.39, 0.29) is 6.04 Å². The summed E-state index contributed by atoms with van der Waals surface area (Å²) in [6.07, 6.45) is 3.78. The summed E-state index contributed by atoms with van der Waals surface area (Å²) < 4.78 is 14.2. The van der Waals surface area contributed by atoms with Crippen LogP contribution in [0.15, 0.2) is 30.3 Å². The molecule has 0 aliphatic heterocycles. The summed E-state index contributed by atoms with van der Waals surface area (Å²) in [5.74, 6) is 0. The standard InChI is InChI=1S/C11H17NOS/c1-3-7-11(12-14(2)13)10-8-5-4-6-9-10/h4-6,8-9,11-12H,3,7H2,1-2H3/t11-,14+/m1/s1. The maximum absolute atomic E-state index is 11.1. The van der Waals surface area contributed by atoms with Crippen LogP contribution in [0.25, 0.3) is 0 Å². The lowest BCUT2D eigenvalue weighted by atomic mass is 10.0. The molecule has 0 fully saturated rings. The largest absolute Gasteiger partial charge is 0.598 e. The fourth-order valence-corrected chi connectivity index (χ4v) is 2.12. The summed E-state index contributed by atoms with van der Waals surface area (Å²) in [5, 5.41) is 0. The minimum Gasteiger partial charge on any atom is -0.598 e. The van der Waals surface area contributed by atoms with Gasteiger partial charge in [0.2, 0.25) is 0 Å². The monoisotopic (exact) mass is 211 g/mol. The van der Waals surface area contributed by atoms with Crippen molar-refractivity contribution in [2.24, 2.45) is 0 Å². The molecule has 0 amide bonds. The van der Waals surface area contributed by atoms with Crippen molar-refractivity contribution in [1.29, 1.82) is 0 Å². The highest BCUT2D eigenvalue weighted by molar-refractivity contribution is 7.88. The molecule has 0 spiro atoms. The van der Waals surface area contributed by atoms with Gasteiger partial charge in [0.05, 0.1) is 6.04 Å². The van der Waals surface area contributed by atoms with E-state index in [1.165, 1.54) is 5.56 Å². The molecular formula is C11H17NOS. The smallest absolute Gasteiger partial charge is 0.115 e. The Morgan fingerprint density at radius 3 is 2.50 bits per heavy atom. The first-order valence-corrected chi connectivity index (χ1v) is 6.44. The zero-order chi connectivity index (χ0) is 10.4. The molecule has 1 rings (SSSR count). The van der Waals surface area contributed by atoms with Gasteiger partial charge in [-0.3, -0.25) is 0 Å². The van der Waals surface area contributed by atoms with E-state index >= 15 is 0 Å². The molecular weight excluding hydrogens is 194 g/mol. The molecule has 0 saturated heterocycles. The van der Waals surface area contributed by atoms with E-state index in [1.807, 2.05) is 18.2 Å². The minimum atomic E-state index is -0.948. The van der Waals surface area contributed by atoms with Gasteiger partial charge in [0, 0.05) is 11.4 Å². The van der Waals surface area contributed by atoms with Crippen LogP contribution >= 0.6 is 0 Å². The Morgan fingerprint density at radius 1 is 1.36 bits per heavy atom. The first-order valence-electron chi connectivity index (χ1n) is 4.88. The minimum absolute atomic E-state index is 0.215. The summed E-state index contributed by atoms with van der Waals surface area (Å²) in [6, 6.07) is 10.4. The van der Waals surface area contributed by atoms with Gasteiger partial charge in [-0.2, -0.15) is 0 Å². The Balaban J connectivity index is 2.67. The van der Waals surface area contributed by atoms with Crippen LogP contribution in [-0.2, 0) is 11.4 Å². The average Bonchev–Trinajstić information content (AvgIpc) is 2.18. The van der Waals surface area contributed by atoms with E-state index in [0.29, 0.717) is 0 Å². The number of nitrogens with one attached hydrogen (secondary N) is 1. The van der Waals surface area contributed by atoms with Crippen molar-refractivity contribution in [3.05, 3.63) is 35.9 Å². The van der Waals surface area contributed by atoms with Gasteiger partial charge >= 0.3 is 0 Å². The lowest BCUT2D eigenvalue weighted by Crippen LogP contribution is -2.27. The van der Waals surface area contributed by atoms with Gasteiger partial charge in [-0.15, -0.1) is 4.72 Å². The third kappa shape index (κ3) is 3.70. The number of hydrogen-bond donors (Lipinski definition) is 1.